The van der Waals surface area contributed by atoms with E-state index in [1.54, 1.807) is 0 Å². The maximum absolute atomic E-state index is 13.5. The van der Waals surface area contributed by atoms with E-state index in [2.05, 4.69) is 25.2 Å². The van der Waals surface area contributed by atoms with E-state index in [0.29, 0.717) is 0 Å². The third-order valence-corrected chi connectivity index (χ3v) is 41.7. The van der Waals surface area contributed by atoms with Gasteiger partial charge in [-0.2, -0.15) is 0 Å². The Balaban J connectivity index is 1.67. The number of rotatable bonds is 6. The van der Waals surface area contributed by atoms with Gasteiger partial charge in [0.2, 0.25) is 0 Å². The van der Waals surface area contributed by atoms with Gasteiger partial charge in [0.15, 0.2) is 0 Å². The van der Waals surface area contributed by atoms with Crippen LogP contribution in [0.3, 0.4) is 0 Å². The van der Waals surface area contributed by atoms with Crippen molar-refractivity contribution in [3.05, 3.63) is 143 Å². The Bertz CT molecular complexity index is 1720. The van der Waals surface area contributed by atoms with Crippen LogP contribution in [0.1, 0.15) is 40.6 Å². The second kappa shape index (κ2) is 10.9. The predicted octanol–water partition coefficient (Wildman–Crippen LogP) is 10.5. The van der Waals surface area contributed by atoms with Gasteiger partial charge >= 0.3 is 255 Å². The van der Waals surface area contributed by atoms with Crippen LogP contribution < -0.4 is 5.63 Å². The SMILES string of the molecule is C[Si](C)=[Zr]([O]c1ccc(C(F)(F)F)cc1)([O]c1ccc(C(F)(F)F)cc1)([CH]1C=Cc2ccccc21)[CH]1C=Cc2ccccc21. The molecule has 0 amide bonds. The van der Waals surface area contributed by atoms with Gasteiger partial charge in [0, 0.05) is 0 Å². The van der Waals surface area contributed by atoms with Crippen LogP contribution in [-0.4, -0.2) is 5.43 Å². The van der Waals surface area contributed by atoms with Crippen molar-refractivity contribution >= 4 is 17.6 Å². The van der Waals surface area contributed by atoms with Crippen LogP contribution >= 0.6 is 0 Å². The molecule has 0 bridgehead atoms. The number of alkyl halides is 6. The van der Waals surface area contributed by atoms with E-state index < -0.39 is 47.2 Å². The van der Waals surface area contributed by atoms with E-state index >= 15 is 0 Å². The van der Waals surface area contributed by atoms with E-state index in [1.807, 2.05) is 60.7 Å². The Kier molecular flexibility index (Phi) is 7.60. The van der Waals surface area contributed by atoms with Crippen LogP contribution in [0.4, 0.5) is 26.3 Å². The molecule has 226 valence electrons. The van der Waals surface area contributed by atoms with Gasteiger partial charge in [0.1, 0.15) is 0 Å². The first-order valence-electron chi connectivity index (χ1n) is 14.1. The van der Waals surface area contributed by atoms with Crippen molar-refractivity contribution in [2.45, 2.75) is 32.7 Å². The summed E-state index contributed by atoms with van der Waals surface area (Å²) in [6.07, 6.45) is -0.910. The summed E-state index contributed by atoms with van der Waals surface area (Å²) in [4.78, 5) is 0. The van der Waals surface area contributed by atoms with Crippen molar-refractivity contribution in [3.63, 3.8) is 0 Å². The normalized spacial score (nSPS) is 17.8. The molecule has 2 nitrogen and oxygen atoms in total. The number of hydrogen-bond donors (Lipinski definition) is 0. The van der Waals surface area contributed by atoms with Gasteiger partial charge in [-0.3, -0.25) is 0 Å². The van der Waals surface area contributed by atoms with E-state index in [9.17, 15) is 26.3 Å². The molecule has 0 aromatic heterocycles. The molecule has 4 aromatic rings. The second-order valence-electron chi connectivity index (χ2n) is 11.4. The molecular formula is C34H28F6O2SiZr. The Morgan fingerprint density at radius 2 is 0.909 bits per heavy atom. The Morgan fingerprint density at radius 3 is 1.25 bits per heavy atom. The first kappa shape index (κ1) is 30.7. The van der Waals surface area contributed by atoms with Gasteiger partial charge in [-0.25, -0.2) is 0 Å². The summed E-state index contributed by atoms with van der Waals surface area (Å²) in [5.41, 5.74) is 0.591. The zero-order valence-electron chi connectivity index (χ0n) is 23.8. The molecule has 0 saturated carbocycles. The van der Waals surface area contributed by atoms with Crippen molar-refractivity contribution in [2.24, 2.45) is 0 Å². The Hall–Kier alpha value is -3.36. The topological polar surface area (TPSA) is 18.5 Å². The minimum absolute atomic E-state index is 0.234. The van der Waals surface area contributed by atoms with Gasteiger partial charge in [-0.05, 0) is 0 Å². The molecule has 2 unspecified atom stereocenters. The van der Waals surface area contributed by atoms with Crippen molar-refractivity contribution in [2.75, 3.05) is 0 Å². The molecule has 0 spiro atoms. The van der Waals surface area contributed by atoms with E-state index in [1.165, 1.54) is 24.3 Å². The number of allylic oxidation sites excluding steroid dienone is 2. The summed E-state index contributed by atoms with van der Waals surface area (Å²) in [5, 5.41) is 0. The third kappa shape index (κ3) is 5.00. The van der Waals surface area contributed by atoms with Crippen LogP contribution in [0.15, 0.2) is 109 Å². The van der Waals surface area contributed by atoms with Gasteiger partial charge in [0.25, 0.3) is 0 Å². The van der Waals surface area contributed by atoms with E-state index in [4.69, 9.17) is 5.63 Å². The fourth-order valence-corrected chi connectivity index (χ4v) is 36.7. The zero-order valence-corrected chi connectivity index (χ0v) is 27.2. The quantitative estimate of drug-likeness (QED) is 0.147. The molecule has 6 rings (SSSR count). The average Bonchev–Trinajstić information content (AvgIpc) is 3.62. The Morgan fingerprint density at radius 1 is 0.545 bits per heavy atom. The molecule has 0 N–H and O–H groups in total. The van der Waals surface area contributed by atoms with Gasteiger partial charge < -0.3 is 0 Å². The maximum atomic E-state index is 13.5. The first-order chi connectivity index (χ1) is 20.8. The molecular weight excluding hydrogens is 674 g/mol. The molecule has 0 heterocycles. The molecule has 2 aliphatic rings. The summed E-state index contributed by atoms with van der Waals surface area (Å²) in [6.45, 7) is 4.18. The minimum atomic E-state index is -5.71. The van der Waals surface area contributed by atoms with Crippen LogP contribution in [0, 0.1) is 0 Å². The summed E-state index contributed by atoms with van der Waals surface area (Å²) < 4.78 is 95.2. The van der Waals surface area contributed by atoms with Crippen LogP contribution in [0.5, 0.6) is 11.5 Å². The molecule has 2 atom stereocenters. The number of benzene rings is 4. The van der Waals surface area contributed by atoms with Crippen molar-refractivity contribution in [1.29, 1.82) is 0 Å². The predicted molar refractivity (Wildman–Crippen MR) is 158 cm³/mol. The van der Waals surface area contributed by atoms with Crippen molar-refractivity contribution < 1.29 is 50.2 Å². The summed E-state index contributed by atoms with van der Waals surface area (Å²) in [5.74, 6) is 0.467. The molecule has 44 heavy (non-hydrogen) atoms. The zero-order chi connectivity index (χ0) is 31.4. The average molecular weight is 702 g/mol. The van der Waals surface area contributed by atoms with Gasteiger partial charge in [-0.1, -0.05) is 0 Å². The van der Waals surface area contributed by atoms with Crippen LogP contribution in [-0.2, 0) is 30.6 Å². The third-order valence-electron chi connectivity index (χ3n) is 8.78. The van der Waals surface area contributed by atoms with E-state index in [-0.39, 0.29) is 18.8 Å². The van der Waals surface area contributed by atoms with Gasteiger partial charge in [-0.15, -0.1) is 0 Å². The summed E-state index contributed by atoms with van der Waals surface area (Å²) >= 11 is -5.71. The summed E-state index contributed by atoms with van der Waals surface area (Å²) in [6, 6.07) is 25.0. The fourth-order valence-electron chi connectivity index (χ4n) is 6.66. The number of hydrogen-bond acceptors (Lipinski definition) is 2. The van der Waals surface area contributed by atoms with Crippen LogP contribution in [0.25, 0.3) is 12.2 Å². The summed E-state index contributed by atoms with van der Waals surface area (Å²) in [7, 11) is 0. The molecule has 0 fully saturated rings. The van der Waals surface area contributed by atoms with Crippen LogP contribution in [0.2, 0.25) is 13.1 Å². The van der Waals surface area contributed by atoms with E-state index in [0.717, 1.165) is 46.5 Å². The number of fused-ring (bicyclic) bond motifs is 2. The molecule has 4 aromatic carbocycles. The standard InChI is InChI=1S/2C9H7.2C7H5F3O.C2H6Si.Zr/c2*1-2-5-9-7-3-6-8(9)4-1;2*8-7(9,10)5-1-3-6(11)4-2-5;1-3-2;/h2*1-7H;2*1-4,11H;1-2H3;/q;;;;;+2/p-2. The molecule has 0 radical (unpaired) electrons. The molecule has 0 saturated heterocycles. The number of halogens is 6. The van der Waals surface area contributed by atoms with Gasteiger partial charge in [0.05, 0.1) is 0 Å². The monoisotopic (exact) mass is 700 g/mol. The van der Waals surface area contributed by atoms with Crippen molar-refractivity contribution in [1.82, 2.24) is 0 Å². The second-order valence-corrected chi connectivity index (χ2v) is 36.6. The Labute approximate surface area is 253 Å². The molecule has 10 heteroatoms. The molecule has 2 aliphatic carbocycles. The first-order valence-corrected chi connectivity index (χ1v) is 25.1. The molecule has 0 aliphatic heterocycles. The van der Waals surface area contributed by atoms with Crippen molar-refractivity contribution in [3.8, 4) is 11.5 Å². The fraction of sp³-hybridized carbons (Fsp3) is 0.176.